The summed E-state index contributed by atoms with van der Waals surface area (Å²) in [6.45, 7) is 10.0. The highest BCUT2D eigenvalue weighted by atomic mass is 16.6. The predicted octanol–water partition coefficient (Wildman–Crippen LogP) is 17.0. The Balaban J connectivity index is 0.834. The quantitative estimate of drug-likeness (QED) is 0.104. The zero-order valence-electron chi connectivity index (χ0n) is 49.6. The molecule has 14 rings (SSSR count). The molecular weight excluding hydrogens is 1060 g/mol. The van der Waals surface area contributed by atoms with E-state index in [1.54, 1.807) is 0 Å². The summed E-state index contributed by atoms with van der Waals surface area (Å²) in [7, 11) is 8.02. The minimum absolute atomic E-state index is 0.359. The number of anilines is 6. The maximum atomic E-state index is 14.0. The topological polar surface area (TPSA) is 84.0 Å². The molecular formula is C76H66N4O6. The number of esters is 2. The summed E-state index contributed by atoms with van der Waals surface area (Å²) in [6, 6.07) is 75.4. The molecule has 4 aliphatic rings. The van der Waals surface area contributed by atoms with Gasteiger partial charge in [0.25, 0.3) is 0 Å². The predicted molar refractivity (Wildman–Crippen MR) is 342 cm³/mol. The number of fused-ring (bicyclic) bond motifs is 12. The second kappa shape index (κ2) is 20.6. The largest absolute Gasteiger partial charge is 0.456 e. The number of benzene rings is 10. The first-order chi connectivity index (χ1) is 41.7. The van der Waals surface area contributed by atoms with Gasteiger partial charge in [0.05, 0.1) is 11.1 Å². The molecule has 2 unspecified atom stereocenters. The van der Waals surface area contributed by atoms with Gasteiger partial charge in [-0.25, -0.2) is 9.59 Å². The highest BCUT2D eigenvalue weighted by Gasteiger charge is 2.55. The molecule has 2 atom stereocenters. The van der Waals surface area contributed by atoms with Gasteiger partial charge in [-0.1, -0.05) is 135 Å². The van der Waals surface area contributed by atoms with Gasteiger partial charge in [0.15, 0.2) is 11.2 Å². The van der Waals surface area contributed by atoms with Crippen LogP contribution in [0, 0.1) is 13.8 Å². The maximum Gasteiger partial charge on any atom is 0.340 e. The number of hydrogen-bond donors (Lipinski definition) is 0. The van der Waals surface area contributed by atoms with Crippen molar-refractivity contribution in [3.63, 3.8) is 0 Å². The zero-order valence-corrected chi connectivity index (χ0v) is 49.6. The van der Waals surface area contributed by atoms with Crippen molar-refractivity contribution in [2.24, 2.45) is 0 Å². The van der Waals surface area contributed by atoms with E-state index >= 15 is 0 Å². The molecule has 0 aliphatic carbocycles. The van der Waals surface area contributed by atoms with Crippen molar-refractivity contribution in [1.82, 2.24) is 0 Å². The Bertz CT molecular complexity index is 4060. The first kappa shape index (κ1) is 53.9. The van der Waals surface area contributed by atoms with Crippen LogP contribution in [0.4, 0.5) is 34.1 Å². The highest BCUT2D eigenvalue weighted by Crippen LogP contribution is 2.60. The summed E-state index contributed by atoms with van der Waals surface area (Å²) < 4.78 is 27.1. The number of carbonyl (C=O) groups excluding carboxylic acids is 2. The van der Waals surface area contributed by atoms with Crippen LogP contribution in [0.3, 0.4) is 0 Å². The highest BCUT2D eigenvalue weighted by molar-refractivity contribution is 5.98. The first-order valence-electron chi connectivity index (χ1n) is 29.5. The van der Waals surface area contributed by atoms with E-state index in [1.165, 1.54) is 11.1 Å². The van der Waals surface area contributed by atoms with Crippen molar-refractivity contribution in [2.45, 2.75) is 63.8 Å². The summed E-state index contributed by atoms with van der Waals surface area (Å²) in [4.78, 5) is 36.8. The van der Waals surface area contributed by atoms with Gasteiger partial charge >= 0.3 is 11.9 Å². The molecule has 0 radical (unpaired) electrons. The van der Waals surface area contributed by atoms with E-state index in [2.05, 4.69) is 171 Å². The molecule has 0 aromatic heterocycles. The monoisotopic (exact) mass is 1130 g/mol. The Labute approximate surface area is 503 Å². The smallest absolute Gasteiger partial charge is 0.340 e. The van der Waals surface area contributed by atoms with E-state index in [0.29, 0.717) is 47.2 Å². The lowest BCUT2D eigenvalue weighted by Gasteiger charge is -2.38. The van der Waals surface area contributed by atoms with Crippen LogP contribution < -0.4 is 29.1 Å². The van der Waals surface area contributed by atoms with Crippen molar-refractivity contribution >= 4 is 46.1 Å². The lowest BCUT2D eigenvalue weighted by atomic mass is 9.74. The molecule has 0 saturated carbocycles. The van der Waals surface area contributed by atoms with Gasteiger partial charge in [-0.3, -0.25) is 0 Å². The van der Waals surface area contributed by atoms with Crippen molar-refractivity contribution in [3.8, 4) is 23.0 Å². The van der Waals surface area contributed by atoms with Gasteiger partial charge in [0.1, 0.15) is 23.0 Å². The van der Waals surface area contributed by atoms with Crippen LogP contribution >= 0.6 is 0 Å². The number of rotatable bonds is 13. The molecule has 10 aromatic rings. The molecule has 10 heteroatoms. The molecule has 0 fully saturated rings. The van der Waals surface area contributed by atoms with Crippen molar-refractivity contribution in [3.05, 3.63) is 296 Å². The summed E-state index contributed by atoms with van der Waals surface area (Å²) in [6.07, 6.45) is 0.848. The molecule has 10 aromatic carbocycles. The molecule has 86 heavy (non-hydrogen) atoms. The average Bonchev–Trinajstić information content (AvgIpc) is 1.46. The zero-order chi connectivity index (χ0) is 59.2. The molecule has 426 valence electrons. The molecule has 4 aliphatic heterocycles. The van der Waals surface area contributed by atoms with Crippen LogP contribution in [-0.4, -0.2) is 40.1 Å². The second-order valence-corrected chi connectivity index (χ2v) is 23.8. The molecule has 0 N–H and O–H groups in total. The summed E-state index contributed by atoms with van der Waals surface area (Å²) in [5, 5.41) is 0. The number of aryl methyl sites for hydroxylation is 2. The molecule has 0 amide bonds. The van der Waals surface area contributed by atoms with Crippen LogP contribution in [0.5, 0.6) is 23.0 Å². The maximum absolute atomic E-state index is 14.0. The van der Waals surface area contributed by atoms with E-state index in [1.807, 2.05) is 123 Å². The molecule has 0 bridgehead atoms. The van der Waals surface area contributed by atoms with Crippen molar-refractivity contribution in [1.29, 1.82) is 0 Å². The molecule has 2 spiro atoms. The van der Waals surface area contributed by atoms with Gasteiger partial charge in [0, 0.05) is 126 Å². The fraction of sp³-hybridized carbons (Fsp3) is 0.184. The van der Waals surface area contributed by atoms with E-state index in [-0.39, 0.29) is 17.4 Å². The third-order valence-corrected chi connectivity index (χ3v) is 18.3. The van der Waals surface area contributed by atoms with Gasteiger partial charge in [-0.2, -0.15) is 0 Å². The SMILES string of the molecule is CCC(C)(c1ccc(N(Cc2ccccc2)c2cc3c(cc2C)Oc2cc(N(C)C)ccc2C32OC(=O)c3ccccc32)cc1)c1ccc(N(Cc2ccccc2)c2cc3c(cc2C)Oc2cc(N(C)C)ccc2C32OC(=O)c3ccccc32)cc1. The number of ether oxygens (including phenoxy) is 4. The van der Waals surface area contributed by atoms with Crippen molar-refractivity contribution in [2.75, 3.05) is 47.8 Å². The fourth-order valence-electron chi connectivity index (χ4n) is 13.5. The fourth-order valence-corrected chi connectivity index (χ4v) is 13.5. The van der Waals surface area contributed by atoms with Gasteiger partial charge in [-0.15, -0.1) is 0 Å². The van der Waals surface area contributed by atoms with E-state index in [9.17, 15) is 9.59 Å². The third kappa shape index (κ3) is 8.51. The lowest BCUT2D eigenvalue weighted by Crippen LogP contribution is -2.33. The van der Waals surface area contributed by atoms with Crippen LogP contribution in [0.1, 0.15) is 108 Å². The third-order valence-electron chi connectivity index (χ3n) is 18.3. The van der Waals surface area contributed by atoms with E-state index < -0.39 is 11.2 Å². The van der Waals surface area contributed by atoms with Crippen LogP contribution in [0.2, 0.25) is 0 Å². The molecule has 0 saturated heterocycles. The first-order valence-corrected chi connectivity index (χ1v) is 29.5. The van der Waals surface area contributed by atoms with Crippen LogP contribution in [-0.2, 0) is 39.2 Å². The summed E-state index contributed by atoms with van der Waals surface area (Å²) >= 11 is 0. The normalized spacial score (nSPS) is 17.1. The average molecular weight is 1130 g/mol. The molecule has 4 heterocycles. The standard InChI is InChI=1S/C76H66N4O6/c1-9-74(4,52-28-32-54(33-29-52)79(46-50-20-12-10-13-21-50)66-44-64-68(40-48(66)2)83-70-42-56(77(5)6)36-38-62(70)75(64)60-26-18-16-24-58(60)72(81)85-75)53-30-34-55(35-31-53)80(47-51-22-14-11-15-23-51)67-45-65-69(41-49(67)3)84-71-43-57(78(7)8)37-39-63(71)76(65)61-27-19-17-25-59(61)73(82)86-76/h10-45H,9,46-47H2,1-8H3. The second-order valence-electron chi connectivity index (χ2n) is 23.8. The Morgan fingerprint density at radius 2 is 0.756 bits per heavy atom. The van der Waals surface area contributed by atoms with Crippen LogP contribution in [0.25, 0.3) is 0 Å². The Kier molecular flexibility index (Phi) is 12.9. The Morgan fingerprint density at radius 1 is 0.395 bits per heavy atom. The van der Waals surface area contributed by atoms with Gasteiger partial charge in [-0.05, 0) is 139 Å². The van der Waals surface area contributed by atoms with Gasteiger partial charge in [0.2, 0.25) is 0 Å². The van der Waals surface area contributed by atoms with Crippen molar-refractivity contribution < 1.29 is 28.5 Å². The van der Waals surface area contributed by atoms with E-state index in [0.717, 1.165) is 96.2 Å². The summed E-state index contributed by atoms with van der Waals surface area (Å²) in [5.74, 6) is 1.88. The summed E-state index contributed by atoms with van der Waals surface area (Å²) in [5.41, 5.74) is 15.6. The van der Waals surface area contributed by atoms with Gasteiger partial charge < -0.3 is 38.5 Å². The minimum Gasteiger partial charge on any atom is -0.456 e. The van der Waals surface area contributed by atoms with Crippen LogP contribution in [0.15, 0.2) is 218 Å². The number of carbonyl (C=O) groups is 2. The number of nitrogens with zero attached hydrogens (tertiary/aromatic N) is 4. The Morgan fingerprint density at radius 3 is 1.14 bits per heavy atom. The molecule has 10 nitrogen and oxygen atoms in total. The number of hydrogen-bond acceptors (Lipinski definition) is 10. The lowest BCUT2D eigenvalue weighted by molar-refractivity contribution is 0.0214. The van der Waals surface area contributed by atoms with E-state index in [4.69, 9.17) is 18.9 Å². The Hall–Kier alpha value is -10.1. The minimum atomic E-state index is -1.23.